The summed E-state index contributed by atoms with van der Waals surface area (Å²) in [4.78, 5) is 54.7. The van der Waals surface area contributed by atoms with Crippen LogP contribution >= 0.6 is 23.2 Å². The fraction of sp³-hybridized carbons (Fsp3) is 0.317. The Morgan fingerprint density at radius 1 is 0.944 bits per heavy atom. The van der Waals surface area contributed by atoms with E-state index < -0.39 is 17.6 Å². The highest BCUT2D eigenvalue weighted by molar-refractivity contribution is 6.30. The van der Waals surface area contributed by atoms with Gasteiger partial charge in [0.15, 0.2) is 0 Å². The minimum Gasteiger partial charge on any atom is -0.497 e. The van der Waals surface area contributed by atoms with Crippen LogP contribution in [0.4, 0.5) is 4.79 Å². The lowest BCUT2D eigenvalue weighted by Gasteiger charge is -2.40. The Morgan fingerprint density at radius 2 is 1.61 bits per heavy atom. The van der Waals surface area contributed by atoms with Gasteiger partial charge in [0.25, 0.3) is 0 Å². The molecule has 0 bridgehead atoms. The molecule has 54 heavy (non-hydrogen) atoms. The maximum absolute atomic E-state index is 15.3. The van der Waals surface area contributed by atoms with Crippen molar-refractivity contribution < 1.29 is 23.8 Å². The maximum Gasteiger partial charge on any atom is 0.341 e. The van der Waals surface area contributed by atoms with E-state index in [1.54, 1.807) is 95.1 Å². The average molecular weight is 771 g/mol. The van der Waals surface area contributed by atoms with Crippen molar-refractivity contribution in [3.8, 4) is 11.5 Å². The van der Waals surface area contributed by atoms with Crippen LogP contribution in [0.2, 0.25) is 10.0 Å². The van der Waals surface area contributed by atoms with E-state index in [9.17, 15) is 9.59 Å². The molecule has 7 rings (SSSR count). The monoisotopic (exact) mass is 769 g/mol. The molecule has 0 spiro atoms. The van der Waals surface area contributed by atoms with Crippen molar-refractivity contribution in [2.75, 3.05) is 26.8 Å². The Balaban J connectivity index is 1.40. The lowest BCUT2D eigenvalue weighted by molar-refractivity contribution is -0.151. The predicted octanol–water partition coefficient (Wildman–Crippen LogP) is 8.15. The number of esters is 1. The van der Waals surface area contributed by atoms with E-state index >= 15 is 4.79 Å². The molecule has 0 radical (unpaired) electrons. The number of urea groups is 1. The molecule has 0 unspecified atom stereocenters. The third kappa shape index (κ3) is 6.71. The van der Waals surface area contributed by atoms with E-state index in [0.717, 1.165) is 11.0 Å². The third-order valence-corrected chi connectivity index (χ3v) is 10.4. The van der Waals surface area contributed by atoms with Crippen molar-refractivity contribution in [2.45, 2.75) is 57.3 Å². The second-order valence-corrected chi connectivity index (χ2v) is 14.5. The molecule has 11 nitrogen and oxygen atoms in total. The summed E-state index contributed by atoms with van der Waals surface area (Å²) >= 11 is 12.8. The van der Waals surface area contributed by atoms with E-state index in [4.69, 9.17) is 42.4 Å². The molecule has 3 heterocycles. The number of H-pyrrole nitrogens is 1. The van der Waals surface area contributed by atoms with Gasteiger partial charge in [-0.2, -0.15) is 0 Å². The Bertz CT molecular complexity index is 2260. The highest BCUT2D eigenvalue weighted by Gasteiger charge is 2.60. The van der Waals surface area contributed by atoms with Crippen molar-refractivity contribution in [1.82, 2.24) is 19.4 Å². The van der Waals surface area contributed by atoms with Crippen molar-refractivity contribution >= 4 is 52.1 Å². The highest BCUT2D eigenvalue weighted by Crippen LogP contribution is 2.51. The van der Waals surface area contributed by atoms with Crippen LogP contribution in [0, 0.1) is 0 Å². The van der Waals surface area contributed by atoms with Crippen LogP contribution in [-0.4, -0.2) is 70.1 Å². The van der Waals surface area contributed by atoms with Crippen LogP contribution in [0.15, 0.2) is 101 Å². The smallest absolute Gasteiger partial charge is 0.341 e. The fourth-order valence-corrected chi connectivity index (χ4v) is 7.78. The first-order valence-corrected chi connectivity index (χ1v) is 18.7. The van der Waals surface area contributed by atoms with Gasteiger partial charge in [-0.25, -0.2) is 19.4 Å². The normalized spacial score (nSPS) is 18.9. The maximum atomic E-state index is 15.3. The van der Waals surface area contributed by atoms with E-state index in [1.165, 1.54) is 0 Å². The van der Waals surface area contributed by atoms with Crippen LogP contribution in [-0.2, 0) is 15.1 Å². The summed E-state index contributed by atoms with van der Waals surface area (Å²) in [6.07, 6.45) is 0.820. The largest absolute Gasteiger partial charge is 0.497 e. The van der Waals surface area contributed by atoms with Crippen LogP contribution in [0.5, 0.6) is 11.5 Å². The van der Waals surface area contributed by atoms with Gasteiger partial charge in [-0.3, -0.25) is 9.47 Å². The number of nitrogens with one attached hydrogen (secondary N) is 1. The zero-order chi connectivity index (χ0) is 38.1. The first-order chi connectivity index (χ1) is 26.0. The number of amidine groups is 1. The number of ether oxygens (including phenoxy) is 3. The number of imidazole rings is 1. The molecule has 1 fully saturated rings. The summed E-state index contributed by atoms with van der Waals surface area (Å²) in [6.45, 7) is 6.30. The van der Waals surface area contributed by atoms with Gasteiger partial charge in [-0.05, 0) is 93.3 Å². The van der Waals surface area contributed by atoms with Gasteiger partial charge in [-0.15, -0.1) is 0 Å². The van der Waals surface area contributed by atoms with Gasteiger partial charge in [0.2, 0.25) is 5.54 Å². The molecule has 4 aromatic carbocycles. The number of fused-ring (bicyclic) bond motifs is 1. The number of para-hydroxylation sites is 2. The number of nitrogens with zero attached hydrogens (tertiary/aromatic N) is 4. The Kier molecular flexibility index (Phi) is 10.5. The molecule has 2 aliphatic rings. The van der Waals surface area contributed by atoms with Crippen LogP contribution in [0.25, 0.3) is 11.0 Å². The van der Waals surface area contributed by atoms with Gasteiger partial charge in [0, 0.05) is 35.2 Å². The van der Waals surface area contributed by atoms with Gasteiger partial charge < -0.3 is 24.1 Å². The lowest BCUT2D eigenvalue weighted by Crippen LogP contribution is -2.52. The minimum absolute atomic E-state index is 0.0747. The molecule has 2 atom stereocenters. The second-order valence-electron chi connectivity index (χ2n) is 13.6. The van der Waals surface area contributed by atoms with Crippen molar-refractivity contribution in [3.05, 3.63) is 128 Å². The van der Waals surface area contributed by atoms with Crippen molar-refractivity contribution in [3.63, 3.8) is 0 Å². The zero-order valence-corrected chi connectivity index (χ0v) is 31.9. The van der Waals surface area contributed by atoms with Crippen molar-refractivity contribution in [2.24, 2.45) is 4.99 Å². The molecular weight excluding hydrogens is 729 g/mol. The summed E-state index contributed by atoms with van der Waals surface area (Å²) in [6, 6.07) is 25.3. The van der Waals surface area contributed by atoms with Crippen molar-refractivity contribution in [1.29, 1.82) is 0 Å². The Morgan fingerprint density at radius 3 is 2.26 bits per heavy atom. The number of benzene rings is 4. The lowest BCUT2D eigenvalue weighted by atomic mass is 9.80. The number of hydrogen-bond donors (Lipinski definition) is 1. The zero-order valence-electron chi connectivity index (χ0n) is 30.4. The number of rotatable bonds is 9. The second kappa shape index (κ2) is 15.2. The Labute approximate surface area is 323 Å². The van der Waals surface area contributed by atoms with Gasteiger partial charge in [-0.1, -0.05) is 59.6 Å². The van der Waals surface area contributed by atoms with E-state index in [0.29, 0.717) is 64.2 Å². The SMILES string of the molecule is CCOC(=O)[C@@]1(c2ccc(Cl)cc2)N=C(c2ccc(OC)cc2OC(C)C)N(C(=O)N2CCC(n3c(=O)[nH]c4ccccc43)CC2)[C@@H]1c1ccc(Cl)cc1. The molecule has 13 heteroatoms. The number of piperidine rings is 1. The summed E-state index contributed by atoms with van der Waals surface area (Å²) in [5.41, 5.74) is 1.20. The molecule has 1 N–H and O–H groups in total. The number of hydrogen-bond acceptors (Lipinski definition) is 7. The molecule has 2 aliphatic heterocycles. The molecule has 1 saturated heterocycles. The third-order valence-electron chi connectivity index (χ3n) is 9.94. The number of amides is 2. The molecular formula is C41H41Cl2N5O6. The predicted molar refractivity (Wildman–Crippen MR) is 209 cm³/mol. The number of halogens is 2. The number of carbonyl (C=O) groups excluding carboxylic acids is 2. The molecule has 0 aliphatic carbocycles. The Hall–Kier alpha value is -5.26. The number of methoxy groups -OCH3 is 1. The minimum atomic E-state index is -1.77. The fourth-order valence-electron chi connectivity index (χ4n) is 7.53. The van der Waals surface area contributed by atoms with E-state index in [1.807, 2.05) is 38.1 Å². The quantitative estimate of drug-likeness (QED) is 0.151. The number of likely N-dealkylation sites (tertiary alicyclic amines) is 1. The molecule has 280 valence electrons. The van der Waals surface area contributed by atoms with Gasteiger partial charge in [0.1, 0.15) is 23.4 Å². The topological polar surface area (TPSA) is 118 Å². The van der Waals surface area contributed by atoms with Crippen LogP contribution < -0.4 is 15.2 Å². The van der Waals surface area contributed by atoms with Gasteiger partial charge in [0.05, 0.1) is 36.4 Å². The number of aromatic nitrogens is 2. The van der Waals surface area contributed by atoms with E-state index in [-0.39, 0.29) is 36.3 Å². The highest BCUT2D eigenvalue weighted by atomic mass is 35.5. The summed E-state index contributed by atoms with van der Waals surface area (Å²) in [7, 11) is 1.56. The summed E-state index contributed by atoms with van der Waals surface area (Å²) < 4.78 is 19.5. The van der Waals surface area contributed by atoms with E-state index in [2.05, 4.69) is 4.98 Å². The molecule has 5 aromatic rings. The standard InChI is InChI=1S/C41H41Cl2N5O6/c1-5-53-38(49)41(27-12-16-29(43)17-13-27)36(26-10-14-28(42)15-11-26)48(37(45-41)32-19-18-31(52-4)24-35(32)54-25(2)3)40(51)46-22-20-30(21-23-46)47-34-9-7-6-8-33(34)44-39(47)50/h6-19,24-25,30,36H,5,20-23H2,1-4H3,(H,44,50)/t36-,41+/m1/s1. The summed E-state index contributed by atoms with van der Waals surface area (Å²) in [5.74, 6) is 0.543. The molecule has 1 aromatic heterocycles. The molecule has 0 saturated carbocycles. The average Bonchev–Trinajstić information content (AvgIpc) is 3.70. The first kappa shape index (κ1) is 37.1. The van der Waals surface area contributed by atoms with Gasteiger partial charge >= 0.3 is 17.7 Å². The summed E-state index contributed by atoms with van der Waals surface area (Å²) in [5, 5.41) is 0.956. The number of aromatic amines is 1. The van der Waals surface area contributed by atoms with Crippen LogP contribution in [0.1, 0.15) is 62.4 Å². The van der Waals surface area contributed by atoms with Crippen LogP contribution in [0.3, 0.4) is 0 Å². The number of carbonyl (C=O) groups is 2. The first-order valence-electron chi connectivity index (χ1n) is 18.0. The number of aliphatic imine (C=N–C) groups is 1. The molecule has 2 amide bonds.